The zero-order valence-electron chi connectivity index (χ0n) is 13.2. The predicted octanol–water partition coefficient (Wildman–Crippen LogP) is 1.14. The minimum absolute atomic E-state index is 0.0974. The van der Waals surface area contributed by atoms with Crippen molar-refractivity contribution in [1.82, 2.24) is 15.5 Å². The maximum Gasteiger partial charge on any atom is 0.277 e. The molecule has 0 radical (unpaired) electrons. The van der Waals surface area contributed by atoms with Gasteiger partial charge in [0.15, 0.2) is 0 Å². The highest BCUT2D eigenvalue weighted by Gasteiger charge is 2.20. The Bertz CT molecular complexity index is 525. The number of rotatable bonds is 8. The number of aromatic amines is 1. The minimum Gasteiger partial charge on any atom is -0.348 e. The van der Waals surface area contributed by atoms with Crippen LogP contribution in [0.1, 0.15) is 61.6 Å². The molecule has 0 bridgehead atoms. The van der Waals surface area contributed by atoms with Gasteiger partial charge in [-0.15, -0.1) is 0 Å². The number of amides is 1. The van der Waals surface area contributed by atoms with E-state index in [0.29, 0.717) is 19.4 Å². The molecule has 0 fully saturated rings. The fourth-order valence-corrected chi connectivity index (χ4v) is 2.39. The third kappa shape index (κ3) is 4.39. The monoisotopic (exact) mass is 294 g/mol. The van der Waals surface area contributed by atoms with Gasteiger partial charge in [-0.2, -0.15) is 5.10 Å². The second kappa shape index (κ2) is 8.56. The van der Waals surface area contributed by atoms with Crippen molar-refractivity contribution in [2.45, 2.75) is 58.9 Å². The molecule has 1 atom stereocenters. The molecule has 1 unspecified atom stereocenters. The SMILES string of the molecule is CCCCC(CN)NC(=O)c1c(CC)c(CC)n[nH]c1=O. The summed E-state index contributed by atoms with van der Waals surface area (Å²) in [7, 11) is 0. The van der Waals surface area contributed by atoms with Crippen molar-refractivity contribution in [1.29, 1.82) is 0 Å². The molecule has 21 heavy (non-hydrogen) atoms. The van der Waals surface area contributed by atoms with Crippen LogP contribution in [-0.4, -0.2) is 28.7 Å². The molecule has 6 heteroatoms. The predicted molar refractivity (Wildman–Crippen MR) is 83.4 cm³/mol. The summed E-state index contributed by atoms with van der Waals surface area (Å²) in [6.45, 7) is 6.33. The molecule has 0 saturated heterocycles. The van der Waals surface area contributed by atoms with Crippen molar-refractivity contribution in [2.24, 2.45) is 5.73 Å². The van der Waals surface area contributed by atoms with Crippen molar-refractivity contribution < 1.29 is 4.79 Å². The number of nitrogens with zero attached hydrogens (tertiary/aromatic N) is 1. The maximum absolute atomic E-state index is 12.4. The van der Waals surface area contributed by atoms with E-state index in [-0.39, 0.29) is 17.5 Å². The highest BCUT2D eigenvalue weighted by Crippen LogP contribution is 2.11. The molecule has 0 saturated carbocycles. The van der Waals surface area contributed by atoms with Gasteiger partial charge in [-0.3, -0.25) is 9.59 Å². The molecule has 1 amide bonds. The van der Waals surface area contributed by atoms with Crippen LogP contribution in [0.4, 0.5) is 0 Å². The van der Waals surface area contributed by atoms with Gasteiger partial charge in [0.2, 0.25) is 0 Å². The molecule has 1 heterocycles. The van der Waals surface area contributed by atoms with Gasteiger partial charge in [-0.05, 0) is 24.8 Å². The Balaban J connectivity index is 3.03. The molecular weight excluding hydrogens is 268 g/mol. The van der Waals surface area contributed by atoms with Crippen LogP contribution in [0.2, 0.25) is 0 Å². The standard InChI is InChI=1S/C15H26N4O2/c1-4-7-8-10(9-16)17-14(20)13-11(5-2)12(6-3)18-19-15(13)21/h10H,4-9,16H2,1-3H3,(H,17,20)(H,19,21). The molecule has 0 aromatic carbocycles. The van der Waals surface area contributed by atoms with E-state index in [0.717, 1.165) is 30.5 Å². The third-order valence-corrected chi connectivity index (χ3v) is 3.61. The van der Waals surface area contributed by atoms with Crippen LogP contribution in [-0.2, 0) is 12.8 Å². The topological polar surface area (TPSA) is 101 Å². The Hall–Kier alpha value is -1.69. The largest absolute Gasteiger partial charge is 0.348 e. The molecule has 1 rings (SSSR count). The van der Waals surface area contributed by atoms with Crippen LogP contribution >= 0.6 is 0 Å². The Morgan fingerprint density at radius 1 is 1.33 bits per heavy atom. The Kier molecular flexibility index (Phi) is 7.08. The number of aromatic nitrogens is 2. The number of unbranched alkanes of at least 4 members (excludes halogenated alkanes) is 1. The van der Waals surface area contributed by atoms with E-state index in [2.05, 4.69) is 22.4 Å². The summed E-state index contributed by atoms with van der Waals surface area (Å²) < 4.78 is 0. The van der Waals surface area contributed by atoms with Crippen molar-refractivity contribution in [3.8, 4) is 0 Å². The highest BCUT2D eigenvalue weighted by atomic mass is 16.2. The Morgan fingerprint density at radius 2 is 2.05 bits per heavy atom. The van der Waals surface area contributed by atoms with Crippen molar-refractivity contribution in [2.75, 3.05) is 6.54 Å². The molecule has 0 spiro atoms. The minimum atomic E-state index is -0.437. The van der Waals surface area contributed by atoms with Crippen molar-refractivity contribution >= 4 is 5.91 Å². The van der Waals surface area contributed by atoms with Crippen LogP contribution in [0.3, 0.4) is 0 Å². The van der Waals surface area contributed by atoms with Crippen LogP contribution in [0.25, 0.3) is 0 Å². The summed E-state index contributed by atoms with van der Waals surface area (Å²) in [5.41, 5.74) is 6.93. The summed E-state index contributed by atoms with van der Waals surface area (Å²) >= 11 is 0. The average Bonchev–Trinajstić information content (AvgIpc) is 2.50. The fourth-order valence-electron chi connectivity index (χ4n) is 2.39. The van der Waals surface area contributed by atoms with Crippen LogP contribution in [0.15, 0.2) is 4.79 Å². The van der Waals surface area contributed by atoms with Gasteiger partial charge in [0.1, 0.15) is 5.56 Å². The zero-order valence-corrected chi connectivity index (χ0v) is 13.2. The lowest BCUT2D eigenvalue weighted by molar-refractivity contribution is 0.0933. The number of aryl methyl sites for hydroxylation is 1. The Labute approximate surface area is 125 Å². The van der Waals surface area contributed by atoms with Gasteiger partial charge in [0, 0.05) is 12.6 Å². The van der Waals surface area contributed by atoms with E-state index in [1.54, 1.807) is 0 Å². The summed E-state index contributed by atoms with van der Waals surface area (Å²) in [5, 5.41) is 9.30. The van der Waals surface area contributed by atoms with E-state index < -0.39 is 5.56 Å². The number of hydrogen-bond acceptors (Lipinski definition) is 4. The van der Waals surface area contributed by atoms with E-state index >= 15 is 0 Å². The summed E-state index contributed by atoms with van der Waals surface area (Å²) in [6, 6.07) is -0.0974. The average molecular weight is 294 g/mol. The first kappa shape index (κ1) is 17.4. The molecule has 118 valence electrons. The molecule has 1 aromatic rings. The summed E-state index contributed by atoms with van der Waals surface area (Å²) in [5.74, 6) is -0.350. The first-order valence-corrected chi connectivity index (χ1v) is 7.70. The molecule has 0 aliphatic rings. The van der Waals surface area contributed by atoms with E-state index in [4.69, 9.17) is 5.73 Å². The number of H-pyrrole nitrogens is 1. The fraction of sp³-hybridized carbons (Fsp3) is 0.667. The third-order valence-electron chi connectivity index (χ3n) is 3.61. The first-order chi connectivity index (χ1) is 10.1. The van der Waals surface area contributed by atoms with Gasteiger partial charge >= 0.3 is 0 Å². The molecule has 1 aromatic heterocycles. The smallest absolute Gasteiger partial charge is 0.277 e. The Morgan fingerprint density at radius 3 is 2.57 bits per heavy atom. The van der Waals surface area contributed by atoms with Gasteiger partial charge in [-0.1, -0.05) is 33.6 Å². The molecular formula is C15H26N4O2. The van der Waals surface area contributed by atoms with Crippen LogP contribution in [0, 0.1) is 0 Å². The van der Waals surface area contributed by atoms with Gasteiger partial charge in [-0.25, -0.2) is 5.10 Å². The van der Waals surface area contributed by atoms with E-state index in [1.807, 2.05) is 13.8 Å². The van der Waals surface area contributed by atoms with Crippen molar-refractivity contribution in [3.05, 3.63) is 27.2 Å². The highest BCUT2D eigenvalue weighted by molar-refractivity contribution is 5.95. The lowest BCUT2D eigenvalue weighted by Crippen LogP contribution is -2.42. The quantitative estimate of drug-likeness (QED) is 0.669. The van der Waals surface area contributed by atoms with E-state index in [9.17, 15) is 9.59 Å². The van der Waals surface area contributed by atoms with Gasteiger partial charge in [0.25, 0.3) is 11.5 Å². The zero-order chi connectivity index (χ0) is 15.8. The van der Waals surface area contributed by atoms with Crippen LogP contribution in [0.5, 0.6) is 0 Å². The molecule has 6 nitrogen and oxygen atoms in total. The van der Waals surface area contributed by atoms with Gasteiger partial charge in [0.05, 0.1) is 5.69 Å². The number of carbonyl (C=O) groups excluding carboxylic acids is 1. The summed E-state index contributed by atoms with van der Waals surface area (Å²) in [4.78, 5) is 24.4. The molecule has 0 aliphatic heterocycles. The lowest BCUT2D eigenvalue weighted by Gasteiger charge is -2.17. The second-order valence-corrected chi connectivity index (χ2v) is 5.11. The maximum atomic E-state index is 12.4. The number of nitrogens with one attached hydrogen (secondary N) is 2. The lowest BCUT2D eigenvalue weighted by atomic mass is 10.0. The van der Waals surface area contributed by atoms with E-state index in [1.165, 1.54) is 0 Å². The van der Waals surface area contributed by atoms with Gasteiger partial charge < -0.3 is 11.1 Å². The first-order valence-electron chi connectivity index (χ1n) is 7.70. The molecule has 0 aliphatic carbocycles. The molecule has 4 N–H and O–H groups in total. The van der Waals surface area contributed by atoms with Crippen LogP contribution < -0.4 is 16.6 Å². The number of hydrogen-bond donors (Lipinski definition) is 3. The normalized spacial score (nSPS) is 12.2. The second-order valence-electron chi connectivity index (χ2n) is 5.11. The summed E-state index contributed by atoms with van der Waals surface area (Å²) in [6.07, 6.45) is 4.14. The van der Waals surface area contributed by atoms with Crippen molar-refractivity contribution in [3.63, 3.8) is 0 Å². The number of carbonyl (C=O) groups is 1. The number of nitrogens with two attached hydrogens (primary N) is 1.